The van der Waals surface area contributed by atoms with Gasteiger partial charge in [0.2, 0.25) is 0 Å². The fourth-order valence-electron chi connectivity index (χ4n) is 1.10. The molecule has 0 aliphatic heterocycles. The van der Waals surface area contributed by atoms with Crippen LogP contribution in [0, 0.1) is 17.8 Å². The van der Waals surface area contributed by atoms with Gasteiger partial charge in [-0.2, -0.15) is 26.3 Å². The van der Waals surface area contributed by atoms with Gasteiger partial charge in [-0.3, -0.25) is 0 Å². The Morgan fingerprint density at radius 3 is 2.12 bits per heavy atom. The van der Waals surface area contributed by atoms with Gasteiger partial charge in [0.1, 0.15) is 11.5 Å². The molecule has 88 valence electrons. The zero-order valence-electron chi connectivity index (χ0n) is 8.00. The van der Waals surface area contributed by atoms with Crippen molar-refractivity contribution in [2.24, 2.45) is 5.92 Å². The third-order valence-electron chi connectivity index (χ3n) is 1.82. The van der Waals surface area contributed by atoms with Gasteiger partial charge in [0, 0.05) is 0 Å². The molecular formula is C10H6F6. The molecule has 0 spiro atoms. The molecule has 1 aliphatic rings. The number of alkyl halides is 6. The Morgan fingerprint density at radius 1 is 1.12 bits per heavy atom. The first-order valence-corrected chi connectivity index (χ1v) is 4.16. The fourth-order valence-corrected chi connectivity index (χ4v) is 1.10. The van der Waals surface area contributed by atoms with E-state index in [0.717, 1.165) is 0 Å². The predicted molar refractivity (Wildman–Crippen MR) is 45.2 cm³/mol. The zero-order valence-corrected chi connectivity index (χ0v) is 8.00. The third-order valence-corrected chi connectivity index (χ3v) is 1.82. The van der Waals surface area contributed by atoms with Crippen LogP contribution >= 0.6 is 0 Å². The molecular weight excluding hydrogens is 234 g/mol. The number of hydrogen-bond donors (Lipinski definition) is 0. The molecule has 0 nitrogen and oxygen atoms in total. The Hall–Kier alpha value is -1.38. The quantitative estimate of drug-likeness (QED) is 0.448. The molecule has 0 radical (unpaired) electrons. The lowest BCUT2D eigenvalue weighted by Crippen LogP contribution is -2.19. The maximum atomic E-state index is 12.3. The van der Waals surface area contributed by atoms with Gasteiger partial charge in [0.15, 0.2) is 0 Å². The smallest absolute Gasteiger partial charge is 0.169 e. The summed E-state index contributed by atoms with van der Waals surface area (Å²) >= 11 is 0. The summed E-state index contributed by atoms with van der Waals surface area (Å²) < 4.78 is 73.5. The van der Waals surface area contributed by atoms with Gasteiger partial charge < -0.3 is 0 Å². The largest absolute Gasteiger partial charge is 0.424 e. The van der Waals surface area contributed by atoms with Crippen LogP contribution in [-0.2, 0) is 0 Å². The van der Waals surface area contributed by atoms with Crippen molar-refractivity contribution in [3.8, 4) is 11.8 Å². The normalized spacial score (nSPS) is 21.6. The third kappa shape index (κ3) is 3.05. The van der Waals surface area contributed by atoms with E-state index in [9.17, 15) is 26.3 Å². The van der Waals surface area contributed by atoms with E-state index in [2.05, 4.69) is 0 Å². The first-order valence-electron chi connectivity index (χ1n) is 4.16. The average molecular weight is 240 g/mol. The summed E-state index contributed by atoms with van der Waals surface area (Å²) in [4.78, 5) is 0. The molecule has 0 saturated heterocycles. The minimum absolute atomic E-state index is 0.118. The molecule has 1 unspecified atom stereocenters. The molecule has 1 aliphatic carbocycles. The number of hydrogen-bond acceptors (Lipinski definition) is 0. The highest BCUT2D eigenvalue weighted by atomic mass is 19.4. The van der Waals surface area contributed by atoms with Crippen LogP contribution in [0.25, 0.3) is 0 Å². The number of halogens is 6. The Morgan fingerprint density at radius 2 is 1.69 bits per heavy atom. The van der Waals surface area contributed by atoms with Crippen molar-refractivity contribution in [3.63, 3.8) is 0 Å². The van der Waals surface area contributed by atoms with E-state index >= 15 is 0 Å². The fraction of sp³-hybridized carbons (Fsp3) is 0.400. The van der Waals surface area contributed by atoms with E-state index < -0.39 is 23.8 Å². The lowest BCUT2D eigenvalue weighted by Gasteiger charge is -2.10. The van der Waals surface area contributed by atoms with E-state index in [1.54, 1.807) is 5.92 Å². The highest BCUT2D eigenvalue weighted by molar-refractivity contribution is 5.43. The molecule has 0 amide bonds. The zero-order chi connectivity index (χ0) is 12.6. The molecule has 0 saturated carbocycles. The van der Waals surface area contributed by atoms with Crippen molar-refractivity contribution < 1.29 is 26.3 Å². The lowest BCUT2D eigenvalue weighted by atomic mass is 10.1. The summed E-state index contributed by atoms with van der Waals surface area (Å²) in [6.45, 7) is 1.17. The molecule has 1 atom stereocenters. The van der Waals surface area contributed by atoms with E-state index in [-0.39, 0.29) is 5.57 Å². The van der Waals surface area contributed by atoms with Crippen molar-refractivity contribution in [2.45, 2.75) is 19.3 Å². The van der Waals surface area contributed by atoms with Gasteiger partial charge in [-0.1, -0.05) is 23.5 Å². The molecule has 1 rings (SSSR count). The van der Waals surface area contributed by atoms with Crippen LogP contribution in [0.4, 0.5) is 26.3 Å². The highest BCUT2D eigenvalue weighted by Crippen LogP contribution is 2.32. The van der Waals surface area contributed by atoms with Crippen LogP contribution in [0.5, 0.6) is 0 Å². The van der Waals surface area contributed by atoms with E-state index in [1.807, 2.05) is 0 Å². The summed E-state index contributed by atoms with van der Waals surface area (Å²) in [7, 11) is 0. The van der Waals surface area contributed by atoms with Gasteiger partial charge in [-0.05, 0) is 13.0 Å². The number of rotatable bonds is 0. The highest BCUT2D eigenvalue weighted by Gasteiger charge is 2.39. The minimum Gasteiger partial charge on any atom is -0.169 e. The molecule has 0 aromatic rings. The van der Waals surface area contributed by atoms with Crippen LogP contribution in [0.15, 0.2) is 23.3 Å². The van der Waals surface area contributed by atoms with Crippen LogP contribution < -0.4 is 0 Å². The molecule has 0 N–H and O–H groups in total. The Kier molecular flexibility index (Phi) is 3.08. The van der Waals surface area contributed by atoms with Crippen molar-refractivity contribution in [3.05, 3.63) is 23.3 Å². The van der Waals surface area contributed by atoms with Gasteiger partial charge in [-0.15, -0.1) is 0 Å². The summed E-state index contributed by atoms with van der Waals surface area (Å²) in [5.74, 6) is 0.942. The van der Waals surface area contributed by atoms with Crippen LogP contribution in [0.2, 0.25) is 0 Å². The van der Waals surface area contributed by atoms with E-state index in [0.29, 0.717) is 12.2 Å². The Balaban J connectivity index is 3.13. The van der Waals surface area contributed by atoms with E-state index in [4.69, 9.17) is 0 Å². The van der Waals surface area contributed by atoms with Crippen molar-refractivity contribution in [2.75, 3.05) is 0 Å². The van der Waals surface area contributed by atoms with Crippen molar-refractivity contribution in [1.82, 2.24) is 0 Å². The summed E-state index contributed by atoms with van der Waals surface area (Å²) in [6, 6.07) is 0. The molecule has 0 bridgehead atoms. The summed E-state index contributed by atoms with van der Waals surface area (Å²) in [5.41, 5.74) is -1.37. The molecule has 0 fully saturated rings. The second-order valence-corrected chi connectivity index (χ2v) is 3.26. The molecule has 0 heterocycles. The van der Waals surface area contributed by atoms with Crippen molar-refractivity contribution in [1.29, 1.82) is 0 Å². The molecule has 0 aromatic heterocycles. The van der Waals surface area contributed by atoms with Gasteiger partial charge in [0.05, 0.1) is 0 Å². The summed E-state index contributed by atoms with van der Waals surface area (Å²) in [5, 5.41) is 0. The second-order valence-electron chi connectivity index (χ2n) is 3.26. The Bertz CT molecular complexity index is 396. The summed E-state index contributed by atoms with van der Waals surface area (Å²) in [6.07, 6.45) is -8.09. The maximum absolute atomic E-state index is 12.3. The van der Waals surface area contributed by atoms with Crippen molar-refractivity contribution >= 4 is 0 Å². The Labute approximate surface area is 87.6 Å². The standard InChI is InChI=1S/C10H6F6/c1-6-4-7(9(11,12)13)2-3-8(5-6)10(14,15)16/h4-5,7H,1H3. The molecule has 0 aromatic carbocycles. The first kappa shape index (κ1) is 12.7. The SMILES string of the molecule is CC1=CC(C(F)(F)F)C#CC(C(F)(F)F)=C1. The first-order chi connectivity index (χ1) is 7.10. The van der Waals surface area contributed by atoms with Gasteiger partial charge in [-0.25, -0.2) is 0 Å². The average Bonchev–Trinajstić information content (AvgIpc) is 2.24. The predicted octanol–water partition coefficient (Wildman–Crippen LogP) is 3.62. The minimum atomic E-state index is -4.72. The molecule has 16 heavy (non-hydrogen) atoms. The monoisotopic (exact) mass is 240 g/mol. The van der Waals surface area contributed by atoms with Crippen LogP contribution in [0.3, 0.4) is 0 Å². The number of allylic oxidation sites excluding steroid dienone is 4. The van der Waals surface area contributed by atoms with Gasteiger partial charge >= 0.3 is 12.4 Å². The topological polar surface area (TPSA) is 0 Å². The lowest BCUT2D eigenvalue weighted by molar-refractivity contribution is -0.146. The second kappa shape index (κ2) is 3.89. The molecule has 6 heteroatoms. The van der Waals surface area contributed by atoms with Crippen LogP contribution in [-0.4, -0.2) is 12.4 Å². The van der Waals surface area contributed by atoms with Crippen LogP contribution in [0.1, 0.15) is 6.92 Å². The van der Waals surface area contributed by atoms with E-state index in [1.165, 1.54) is 12.8 Å². The maximum Gasteiger partial charge on any atom is 0.424 e. The van der Waals surface area contributed by atoms with Gasteiger partial charge in [0.25, 0.3) is 0 Å².